The Hall–Kier alpha value is -2.81. The number of carbonyl (C=O) groups excluding carboxylic acids is 3. The van der Waals surface area contributed by atoms with E-state index in [-0.39, 0.29) is 42.8 Å². The van der Waals surface area contributed by atoms with Gasteiger partial charge >= 0.3 is 0 Å². The fraction of sp³-hybridized carbons (Fsp3) is 0.625. The van der Waals surface area contributed by atoms with E-state index in [1.807, 2.05) is 0 Å². The number of Topliss-reactive ketones (excluding diaryl/α,β-unsaturated/α-hetero) is 1. The first-order chi connectivity index (χ1) is 16.0. The van der Waals surface area contributed by atoms with Crippen LogP contribution in [0.2, 0.25) is 0 Å². The van der Waals surface area contributed by atoms with Crippen LogP contribution in [0.4, 0.5) is 0 Å². The second-order valence-corrected chi connectivity index (χ2v) is 9.75. The van der Waals surface area contributed by atoms with Crippen molar-refractivity contribution in [3.05, 3.63) is 24.0 Å². The normalized spacial score (nSPS) is 25.6. The van der Waals surface area contributed by atoms with E-state index in [1.165, 1.54) is 18.0 Å². The predicted octanol–water partition coefficient (Wildman–Crippen LogP) is 1.68. The lowest BCUT2D eigenvalue weighted by atomic mass is 9.84. The zero-order chi connectivity index (χ0) is 23.1. The van der Waals surface area contributed by atoms with E-state index in [2.05, 4.69) is 15.4 Å². The summed E-state index contributed by atoms with van der Waals surface area (Å²) < 4.78 is 1.47. The van der Waals surface area contributed by atoms with Crippen LogP contribution in [-0.4, -0.2) is 67.1 Å². The van der Waals surface area contributed by atoms with Gasteiger partial charge in [0.25, 0.3) is 0 Å². The SMILES string of the molecule is CC(=O)c1nn(CC(=O)N2[C@@H]3C[C@@H]3C[C@H]2C(=O)N[C@H](CO)C2CCCCC2)c2ncccc12. The summed E-state index contributed by atoms with van der Waals surface area (Å²) in [6, 6.07) is 2.81. The molecule has 9 heteroatoms. The van der Waals surface area contributed by atoms with Crippen LogP contribution in [0.3, 0.4) is 0 Å². The fourth-order valence-corrected chi connectivity index (χ4v) is 5.77. The van der Waals surface area contributed by atoms with Crippen LogP contribution in [0.1, 0.15) is 62.4 Å². The Bertz CT molecular complexity index is 1080. The van der Waals surface area contributed by atoms with Crippen molar-refractivity contribution in [1.29, 1.82) is 0 Å². The van der Waals surface area contributed by atoms with Crippen LogP contribution in [0.5, 0.6) is 0 Å². The van der Waals surface area contributed by atoms with Gasteiger partial charge in [-0.25, -0.2) is 9.67 Å². The third-order valence-corrected chi connectivity index (χ3v) is 7.56. The maximum absolute atomic E-state index is 13.4. The van der Waals surface area contributed by atoms with Gasteiger partial charge in [0.2, 0.25) is 11.8 Å². The first-order valence-electron chi connectivity index (χ1n) is 12.0. The van der Waals surface area contributed by atoms with E-state index >= 15 is 0 Å². The molecule has 9 nitrogen and oxygen atoms in total. The van der Waals surface area contributed by atoms with E-state index in [4.69, 9.17) is 0 Å². The van der Waals surface area contributed by atoms with Crippen molar-refractivity contribution in [3.8, 4) is 0 Å². The van der Waals surface area contributed by atoms with Gasteiger partial charge < -0.3 is 15.3 Å². The number of aliphatic hydroxyl groups is 1. The summed E-state index contributed by atoms with van der Waals surface area (Å²) in [7, 11) is 0. The molecule has 2 aliphatic carbocycles. The number of fused-ring (bicyclic) bond motifs is 2. The Morgan fingerprint density at radius 1 is 1.21 bits per heavy atom. The molecule has 1 aliphatic heterocycles. The Kier molecular flexibility index (Phi) is 5.90. The molecule has 4 atom stereocenters. The van der Waals surface area contributed by atoms with Crippen molar-refractivity contribution in [2.45, 2.75) is 76.5 Å². The number of amides is 2. The molecule has 2 aromatic heterocycles. The molecule has 33 heavy (non-hydrogen) atoms. The van der Waals surface area contributed by atoms with Crippen LogP contribution in [0.15, 0.2) is 18.3 Å². The maximum atomic E-state index is 13.4. The minimum Gasteiger partial charge on any atom is -0.394 e. The van der Waals surface area contributed by atoms with Gasteiger partial charge in [-0.1, -0.05) is 19.3 Å². The number of likely N-dealkylation sites (tertiary alicyclic amines) is 1. The summed E-state index contributed by atoms with van der Waals surface area (Å²) in [6.07, 6.45) is 8.67. The van der Waals surface area contributed by atoms with E-state index in [0.29, 0.717) is 35.0 Å². The highest BCUT2D eigenvalue weighted by molar-refractivity contribution is 6.04. The van der Waals surface area contributed by atoms with Gasteiger partial charge in [-0.05, 0) is 49.7 Å². The van der Waals surface area contributed by atoms with E-state index in [0.717, 1.165) is 32.1 Å². The van der Waals surface area contributed by atoms with Gasteiger partial charge in [-0.2, -0.15) is 5.10 Å². The quantitative estimate of drug-likeness (QED) is 0.616. The summed E-state index contributed by atoms with van der Waals surface area (Å²) in [6.45, 7) is 1.29. The number of rotatable bonds is 7. The number of aromatic nitrogens is 3. The van der Waals surface area contributed by atoms with Gasteiger partial charge in [-0.15, -0.1) is 0 Å². The number of nitrogens with zero attached hydrogens (tertiary/aromatic N) is 4. The molecule has 3 fully saturated rings. The molecule has 3 aliphatic rings. The van der Waals surface area contributed by atoms with E-state index < -0.39 is 6.04 Å². The number of piperidine rings is 1. The second-order valence-electron chi connectivity index (χ2n) is 9.75. The zero-order valence-electron chi connectivity index (χ0n) is 18.9. The average Bonchev–Trinajstić information content (AvgIpc) is 3.33. The van der Waals surface area contributed by atoms with Crippen LogP contribution < -0.4 is 5.32 Å². The first-order valence-corrected chi connectivity index (χ1v) is 12.0. The Labute approximate surface area is 192 Å². The number of nitrogens with one attached hydrogen (secondary N) is 1. The van der Waals surface area contributed by atoms with Crippen LogP contribution in [0.25, 0.3) is 11.0 Å². The summed E-state index contributed by atoms with van der Waals surface area (Å²) in [5, 5.41) is 17.9. The molecule has 2 aromatic rings. The Morgan fingerprint density at radius 2 is 2.00 bits per heavy atom. The zero-order valence-corrected chi connectivity index (χ0v) is 18.9. The molecule has 5 rings (SSSR count). The van der Waals surface area contributed by atoms with Crippen LogP contribution in [-0.2, 0) is 16.1 Å². The smallest absolute Gasteiger partial charge is 0.245 e. The predicted molar refractivity (Wildman–Crippen MR) is 120 cm³/mol. The average molecular weight is 454 g/mol. The van der Waals surface area contributed by atoms with Crippen molar-refractivity contribution in [2.75, 3.05) is 6.61 Å². The molecule has 2 amide bonds. The lowest BCUT2D eigenvalue weighted by Gasteiger charge is -2.32. The molecule has 0 radical (unpaired) electrons. The lowest BCUT2D eigenvalue weighted by molar-refractivity contribution is -0.141. The van der Waals surface area contributed by atoms with Crippen LogP contribution in [0, 0.1) is 11.8 Å². The second kappa shape index (κ2) is 8.85. The minimum absolute atomic E-state index is 0.0696. The maximum Gasteiger partial charge on any atom is 0.245 e. The van der Waals surface area contributed by atoms with Crippen molar-refractivity contribution >= 4 is 28.6 Å². The highest BCUT2D eigenvalue weighted by atomic mass is 16.3. The number of hydrogen-bond acceptors (Lipinski definition) is 6. The van der Waals surface area contributed by atoms with Gasteiger partial charge in [0.1, 0.15) is 18.3 Å². The highest BCUT2D eigenvalue weighted by Gasteiger charge is 2.56. The van der Waals surface area contributed by atoms with E-state index in [1.54, 1.807) is 23.2 Å². The molecular weight excluding hydrogens is 422 g/mol. The fourth-order valence-electron chi connectivity index (χ4n) is 5.77. The summed E-state index contributed by atoms with van der Waals surface area (Å²) >= 11 is 0. The third kappa shape index (κ3) is 4.14. The number of hydrogen-bond donors (Lipinski definition) is 2. The number of aliphatic hydroxyl groups excluding tert-OH is 1. The van der Waals surface area contributed by atoms with Crippen molar-refractivity contribution in [1.82, 2.24) is 25.0 Å². The molecule has 0 unspecified atom stereocenters. The monoisotopic (exact) mass is 453 g/mol. The summed E-state index contributed by atoms with van der Waals surface area (Å²) in [5.41, 5.74) is 0.783. The third-order valence-electron chi connectivity index (χ3n) is 7.56. The molecule has 3 heterocycles. The molecule has 176 valence electrons. The van der Waals surface area contributed by atoms with Crippen molar-refractivity contribution in [2.24, 2.45) is 11.8 Å². The topological polar surface area (TPSA) is 117 Å². The van der Waals surface area contributed by atoms with Gasteiger partial charge in [-0.3, -0.25) is 14.4 Å². The standard InChI is InChI=1S/C24H31N5O4/c1-14(31)22-17-8-5-9-25-23(17)28(27-22)12-21(32)29-19-10-16(19)11-20(29)24(33)26-18(13-30)15-6-3-2-4-7-15/h5,8-9,15-16,18-20,30H,2-4,6-7,10-13H2,1H3,(H,26,33)/t16-,18-,19-,20+/m1/s1. The lowest BCUT2D eigenvalue weighted by Crippen LogP contribution is -2.53. The largest absolute Gasteiger partial charge is 0.394 e. The first kappa shape index (κ1) is 22.0. The van der Waals surface area contributed by atoms with E-state index in [9.17, 15) is 19.5 Å². The number of pyridine rings is 1. The molecule has 2 saturated carbocycles. The van der Waals surface area contributed by atoms with Crippen LogP contribution >= 0.6 is 0 Å². The molecule has 0 aromatic carbocycles. The molecule has 2 N–H and O–H groups in total. The molecule has 0 bridgehead atoms. The molecular formula is C24H31N5O4. The van der Waals surface area contributed by atoms with Crippen molar-refractivity contribution < 1.29 is 19.5 Å². The summed E-state index contributed by atoms with van der Waals surface area (Å²) in [4.78, 5) is 44.6. The van der Waals surface area contributed by atoms with Gasteiger partial charge in [0, 0.05) is 19.2 Å². The van der Waals surface area contributed by atoms with Crippen molar-refractivity contribution in [3.63, 3.8) is 0 Å². The highest BCUT2D eigenvalue weighted by Crippen LogP contribution is 2.48. The number of carbonyl (C=O) groups is 3. The summed E-state index contributed by atoms with van der Waals surface area (Å²) in [5.74, 6) is 0.0979. The van der Waals surface area contributed by atoms with Gasteiger partial charge in [0.15, 0.2) is 11.4 Å². The molecule has 0 spiro atoms. The Morgan fingerprint density at radius 3 is 2.73 bits per heavy atom. The Balaban J connectivity index is 1.32. The minimum atomic E-state index is -0.527. The van der Waals surface area contributed by atoms with Gasteiger partial charge in [0.05, 0.1) is 18.0 Å². The molecule has 1 saturated heterocycles. The number of ketones is 1.